The molecule has 14 nitrogen and oxygen atoms in total. The molecule has 10 N–H and O–H groups in total. The normalized spacial score (nSPS) is 27.8. The van der Waals surface area contributed by atoms with Crippen molar-refractivity contribution in [3.05, 3.63) is 64.7 Å². The van der Waals surface area contributed by atoms with Gasteiger partial charge in [0.05, 0.1) is 24.8 Å². The van der Waals surface area contributed by atoms with E-state index in [2.05, 4.69) is 39.8 Å². The maximum absolute atomic E-state index is 13.6. The van der Waals surface area contributed by atoms with E-state index in [0.717, 1.165) is 12.0 Å². The zero-order valence-corrected chi connectivity index (χ0v) is 23.9. The molecule has 6 rings (SSSR count). The van der Waals surface area contributed by atoms with Crippen molar-refractivity contribution in [2.75, 3.05) is 19.7 Å². The number of nitrogens with two attached hydrogens (primary N) is 2. The van der Waals surface area contributed by atoms with Gasteiger partial charge in [-0.05, 0) is 35.6 Å². The second-order valence-corrected chi connectivity index (χ2v) is 12.0. The highest BCUT2D eigenvalue weighted by molar-refractivity contribution is 5.98. The number of aliphatic hydroxyl groups is 3. The van der Waals surface area contributed by atoms with Gasteiger partial charge in [0.1, 0.15) is 17.8 Å². The number of fused-ring (bicyclic) bond motifs is 1. The fraction of sp³-hybridized carbons (Fsp3) is 0.448. The van der Waals surface area contributed by atoms with E-state index < -0.39 is 41.4 Å². The minimum atomic E-state index is -2.63. The first-order valence-corrected chi connectivity index (χ1v) is 14.1. The van der Waals surface area contributed by atoms with E-state index in [1.807, 2.05) is 6.07 Å². The van der Waals surface area contributed by atoms with E-state index in [-0.39, 0.29) is 42.6 Å². The van der Waals surface area contributed by atoms with Crippen LogP contribution in [0, 0.1) is 0 Å². The van der Waals surface area contributed by atoms with Crippen LogP contribution in [0.1, 0.15) is 52.1 Å². The molecule has 0 radical (unpaired) electrons. The number of carbonyl (C=O) groups excluding carboxylic acids is 2. The van der Waals surface area contributed by atoms with E-state index >= 15 is 0 Å². The molecule has 4 heterocycles. The van der Waals surface area contributed by atoms with E-state index in [1.54, 1.807) is 36.4 Å². The van der Waals surface area contributed by atoms with Crippen LogP contribution in [-0.4, -0.2) is 93.2 Å². The number of rotatable bonds is 6. The number of nitrogens with one attached hydrogen (secondary N) is 3. The zero-order valence-electron chi connectivity index (χ0n) is 23.9. The molecule has 1 saturated heterocycles. The lowest BCUT2D eigenvalue weighted by Crippen LogP contribution is -2.78. The summed E-state index contributed by atoms with van der Waals surface area (Å²) in [6.45, 7) is 4.32. The number of carbonyl (C=O) groups is 2. The standard InChI is InChI=1S/C29H36N8O6/c1-27(2)10-11-43-21-17(4-3-5-18(21)27)24(40)34-20-13-37-26(31)33-19(22-28(37,29(20,41)42)36-25(30)35-22)12-32-23(39)16-8-6-15(14-38)7-9-16/h3-9,19-20,22,38,41-42H,10-14H2,1-2H3,(H2,31,33)(H,32,39)(H,34,40)(H3,30,35,36)/t19-,20?,22?,28?/m0/s1. The summed E-state index contributed by atoms with van der Waals surface area (Å²) in [6.07, 6.45) is 0.798. The van der Waals surface area contributed by atoms with Crippen molar-refractivity contribution in [3.63, 3.8) is 0 Å². The van der Waals surface area contributed by atoms with Crippen molar-refractivity contribution in [3.8, 4) is 5.75 Å². The maximum Gasteiger partial charge on any atom is 0.255 e. The number of ether oxygens (including phenoxy) is 1. The third-order valence-electron chi connectivity index (χ3n) is 8.94. The molecule has 0 saturated carbocycles. The van der Waals surface area contributed by atoms with Crippen molar-refractivity contribution in [1.82, 2.24) is 20.9 Å². The third-order valence-corrected chi connectivity index (χ3v) is 8.94. The van der Waals surface area contributed by atoms with Gasteiger partial charge in [-0.15, -0.1) is 0 Å². The number of para-hydroxylation sites is 1. The highest BCUT2D eigenvalue weighted by Gasteiger charge is 2.73. The fourth-order valence-electron chi connectivity index (χ4n) is 6.50. The first-order chi connectivity index (χ1) is 20.4. The average molecular weight is 593 g/mol. The van der Waals surface area contributed by atoms with E-state index in [4.69, 9.17) is 16.2 Å². The molecule has 228 valence electrons. The zero-order chi connectivity index (χ0) is 30.7. The van der Waals surface area contributed by atoms with Crippen molar-refractivity contribution in [2.45, 2.75) is 61.9 Å². The number of nitrogens with zero attached hydrogens (tertiary/aromatic N) is 3. The summed E-state index contributed by atoms with van der Waals surface area (Å²) < 4.78 is 5.90. The number of hydrogen-bond donors (Lipinski definition) is 8. The van der Waals surface area contributed by atoms with E-state index in [9.17, 15) is 24.9 Å². The molecule has 0 aromatic heterocycles. The molecule has 3 unspecified atom stereocenters. The summed E-state index contributed by atoms with van der Waals surface area (Å²) in [5.41, 5.74) is 12.7. The molecule has 2 aromatic carbocycles. The molecule has 14 heteroatoms. The number of hydrogen-bond acceptors (Lipinski definition) is 12. The Bertz CT molecular complexity index is 1520. The molecule has 1 spiro atoms. The van der Waals surface area contributed by atoms with Crippen molar-refractivity contribution < 1.29 is 29.6 Å². The summed E-state index contributed by atoms with van der Waals surface area (Å²) >= 11 is 0. The molecule has 1 fully saturated rings. The summed E-state index contributed by atoms with van der Waals surface area (Å²) in [5.74, 6) is -3.20. The lowest BCUT2D eigenvalue weighted by Gasteiger charge is -2.49. The Labute approximate surface area is 247 Å². The molecule has 4 aliphatic rings. The highest BCUT2D eigenvalue weighted by Crippen LogP contribution is 2.45. The third kappa shape index (κ3) is 4.44. The predicted octanol–water partition coefficient (Wildman–Crippen LogP) is -1.56. The first-order valence-electron chi connectivity index (χ1n) is 14.1. The van der Waals surface area contributed by atoms with E-state index in [1.165, 1.54) is 4.90 Å². The van der Waals surface area contributed by atoms with Gasteiger partial charge in [0.2, 0.25) is 5.79 Å². The van der Waals surface area contributed by atoms with Gasteiger partial charge in [-0.2, -0.15) is 0 Å². The lowest BCUT2D eigenvalue weighted by atomic mass is 9.79. The quantitative estimate of drug-likeness (QED) is 0.180. The molecule has 43 heavy (non-hydrogen) atoms. The van der Waals surface area contributed by atoms with Crippen LogP contribution in [0.25, 0.3) is 0 Å². The molecule has 2 aromatic rings. The number of guanidine groups is 2. The number of benzene rings is 2. The van der Waals surface area contributed by atoms with Crippen LogP contribution in [-0.2, 0) is 12.0 Å². The molecular formula is C29H36N8O6. The topological polar surface area (TPSA) is 220 Å². The Morgan fingerprint density at radius 1 is 1.12 bits per heavy atom. The second kappa shape index (κ2) is 10.1. The summed E-state index contributed by atoms with van der Waals surface area (Å²) in [6, 6.07) is 8.74. The van der Waals surface area contributed by atoms with Crippen molar-refractivity contribution in [1.29, 1.82) is 0 Å². The SMILES string of the molecule is CC1(C)CCOc2c(C(=O)NC3CN4C(N)=N[C@@H](CNC(=O)c5ccc(CO)cc5)C5N=C(N)NC54C3(O)O)cccc21. The van der Waals surface area contributed by atoms with Gasteiger partial charge < -0.3 is 52.4 Å². The van der Waals surface area contributed by atoms with E-state index in [0.29, 0.717) is 23.5 Å². The average Bonchev–Trinajstić information content (AvgIpc) is 3.45. The number of aliphatic imine (C=N–C) groups is 2. The van der Waals surface area contributed by atoms with Gasteiger partial charge in [0.15, 0.2) is 17.6 Å². The van der Waals surface area contributed by atoms with Crippen LogP contribution >= 0.6 is 0 Å². The number of amides is 2. The van der Waals surface area contributed by atoms with Crippen molar-refractivity contribution in [2.24, 2.45) is 21.5 Å². The highest BCUT2D eigenvalue weighted by atomic mass is 16.5. The molecule has 2 amide bonds. The largest absolute Gasteiger partial charge is 0.492 e. The minimum absolute atomic E-state index is 0.0356. The predicted molar refractivity (Wildman–Crippen MR) is 156 cm³/mol. The van der Waals surface area contributed by atoms with Crippen LogP contribution in [0.2, 0.25) is 0 Å². The van der Waals surface area contributed by atoms with Crippen LogP contribution < -0.4 is 32.2 Å². The monoisotopic (exact) mass is 592 g/mol. The van der Waals surface area contributed by atoms with Gasteiger partial charge >= 0.3 is 0 Å². The maximum atomic E-state index is 13.6. The lowest BCUT2D eigenvalue weighted by molar-refractivity contribution is -0.230. The Morgan fingerprint density at radius 2 is 1.86 bits per heavy atom. The molecule has 0 aliphatic carbocycles. The smallest absolute Gasteiger partial charge is 0.255 e. The fourth-order valence-corrected chi connectivity index (χ4v) is 6.50. The summed E-state index contributed by atoms with van der Waals surface area (Å²) in [5, 5.41) is 41.2. The Balaban J connectivity index is 1.24. The Hall–Kier alpha value is -4.40. The Morgan fingerprint density at radius 3 is 2.58 bits per heavy atom. The van der Waals surface area contributed by atoms with Gasteiger partial charge in [0, 0.05) is 24.2 Å². The first kappa shape index (κ1) is 28.7. The summed E-state index contributed by atoms with van der Waals surface area (Å²) in [4.78, 5) is 36.8. The number of aliphatic hydroxyl groups excluding tert-OH is 1. The molecular weight excluding hydrogens is 556 g/mol. The van der Waals surface area contributed by atoms with Gasteiger partial charge in [-0.1, -0.05) is 38.1 Å². The van der Waals surface area contributed by atoms with Crippen LogP contribution in [0.5, 0.6) is 5.75 Å². The Kier molecular flexibility index (Phi) is 6.75. The van der Waals surface area contributed by atoms with Crippen LogP contribution in [0.4, 0.5) is 0 Å². The van der Waals surface area contributed by atoms with Gasteiger partial charge in [-0.3, -0.25) is 9.59 Å². The summed E-state index contributed by atoms with van der Waals surface area (Å²) in [7, 11) is 0. The minimum Gasteiger partial charge on any atom is -0.492 e. The molecule has 0 bridgehead atoms. The molecule has 4 atom stereocenters. The van der Waals surface area contributed by atoms with Crippen molar-refractivity contribution >= 4 is 23.7 Å². The van der Waals surface area contributed by atoms with Crippen LogP contribution in [0.3, 0.4) is 0 Å². The van der Waals surface area contributed by atoms with Gasteiger partial charge in [-0.25, -0.2) is 9.98 Å². The molecule has 4 aliphatic heterocycles. The van der Waals surface area contributed by atoms with Crippen LogP contribution in [0.15, 0.2) is 52.4 Å². The van der Waals surface area contributed by atoms with Gasteiger partial charge in [0.25, 0.3) is 11.8 Å². The second-order valence-electron chi connectivity index (χ2n) is 12.0.